The number of nitrogens with zero attached hydrogens (tertiary/aromatic N) is 1. The first kappa shape index (κ1) is 18.3. The Labute approximate surface area is 158 Å². The number of pyridine rings is 1. The maximum absolute atomic E-state index is 12.5. The van der Waals surface area contributed by atoms with Gasteiger partial charge in [0.15, 0.2) is 0 Å². The normalized spacial score (nSPS) is 10.2. The molecule has 1 heterocycles. The van der Waals surface area contributed by atoms with E-state index in [1.807, 2.05) is 42.5 Å². The minimum atomic E-state index is -0.238. The molecule has 3 rings (SSSR count). The van der Waals surface area contributed by atoms with E-state index >= 15 is 0 Å². The minimum Gasteiger partial charge on any atom is -0.348 e. The molecule has 136 valence electrons. The molecular weight excluding hydrogens is 338 g/mol. The van der Waals surface area contributed by atoms with Crippen molar-refractivity contribution in [3.8, 4) is 0 Å². The highest BCUT2D eigenvalue weighted by molar-refractivity contribution is 6.03. The van der Waals surface area contributed by atoms with E-state index in [9.17, 15) is 9.59 Å². The highest BCUT2D eigenvalue weighted by Gasteiger charge is 2.13. The number of hydrogen-bond acceptors (Lipinski definition) is 3. The van der Waals surface area contributed by atoms with Gasteiger partial charge < -0.3 is 10.6 Å². The summed E-state index contributed by atoms with van der Waals surface area (Å²) in [5.41, 5.74) is 2.97. The maximum Gasteiger partial charge on any atom is 0.253 e. The zero-order valence-corrected chi connectivity index (χ0v) is 14.9. The molecule has 1 aromatic heterocycles. The Hall–Kier alpha value is -3.47. The largest absolute Gasteiger partial charge is 0.348 e. The van der Waals surface area contributed by atoms with E-state index in [4.69, 9.17) is 0 Å². The van der Waals surface area contributed by atoms with Gasteiger partial charge in [-0.2, -0.15) is 0 Å². The Balaban J connectivity index is 1.59. The monoisotopic (exact) mass is 359 g/mol. The lowest BCUT2D eigenvalue weighted by molar-refractivity contribution is -0.116. The zero-order chi connectivity index (χ0) is 18.9. The molecule has 0 aliphatic rings. The van der Waals surface area contributed by atoms with E-state index in [2.05, 4.69) is 15.6 Å². The van der Waals surface area contributed by atoms with E-state index in [1.165, 1.54) is 0 Å². The number of nitrogens with one attached hydrogen (secondary N) is 2. The molecule has 0 atom stereocenters. The van der Waals surface area contributed by atoms with E-state index < -0.39 is 0 Å². The fraction of sp³-hybridized carbons (Fsp3) is 0.136. The van der Waals surface area contributed by atoms with Gasteiger partial charge in [0.2, 0.25) is 5.91 Å². The predicted octanol–water partition coefficient (Wildman–Crippen LogP) is 3.58. The Morgan fingerprint density at radius 2 is 1.59 bits per heavy atom. The lowest BCUT2D eigenvalue weighted by Crippen LogP contribution is -2.25. The van der Waals surface area contributed by atoms with Gasteiger partial charge in [-0.05, 0) is 35.7 Å². The lowest BCUT2D eigenvalue weighted by Gasteiger charge is -2.11. The van der Waals surface area contributed by atoms with Crippen LogP contribution in [0.5, 0.6) is 0 Å². The number of hydrogen-bond donors (Lipinski definition) is 2. The maximum atomic E-state index is 12.5. The molecule has 0 radical (unpaired) electrons. The smallest absolute Gasteiger partial charge is 0.253 e. The fourth-order valence-electron chi connectivity index (χ4n) is 2.69. The molecule has 0 saturated heterocycles. The summed E-state index contributed by atoms with van der Waals surface area (Å²) in [4.78, 5) is 28.8. The predicted molar refractivity (Wildman–Crippen MR) is 105 cm³/mol. The molecule has 2 amide bonds. The van der Waals surface area contributed by atoms with Crippen molar-refractivity contribution in [2.75, 3.05) is 5.32 Å². The van der Waals surface area contributed by atoms with Gasteiger partial charge in [0, 0.05) is 25.4 Å². The van der Waals surface area contributed by atoms with Crippen molar-refractivity contribution in [2.24, 2.45) is 0 Å². The van der Waals surface area contributed by atoms with Crippen LogP contribution in [0.15, 0.2) is 79.1 Å². The number of aromatic nitrogens is 1. The number of anilines is 1. The summed E-state index contributed by atoms with van der Waals surface area (Å²) in [6.45, 7) is 0.378. The van der Waals surface area contributed by atoms with Gasteiger partial charge in [-0.15, -0.1) is 0 Å². The first-order chi connectivity index (χ1) is 13.2. The Morgan fingerprint density at radius 3 is 2.37 bits per heavy atom. The second-order valence-electron chi connectivity index (χ2n) is 6.12. The summed E-state index contributed by atoms with van der Waals surface area (Å²) >= 11 is 0. The van der Waals surface area contributed by atoms with Crippen molar-refractivity contribution in [1.29, 1.82) is 0 Å². The standard InChI is InChI=1S/C22H21N3O2/c26-21(13-12-17-7-2-1-3-8-17)25-20-11-5-4-10-19(20)22(27)24-16-18-9-6-14-23-15-18/h1-11,14-15H,12-13,16H2,(H,24,27)(H,25,26). The van der Waals surface area contributed by atoms with E-state index in [1.54, 1.807) is 36.7 Å². The second-order valence-corrected chi connectivity index (χ2v) is 6.12. The van der Waals surface area contributed by atoms with Crippen molar-refractivity contribution in [1.82, 2.24) is 10.3 Å². The van der Waals surface area contributed by atoms with Crippen LogP contribution in [-0.4, -0.2) is 16.8 Å². The molecule has 0 spiro atoms. The third kappa shape index (κ3) is 5.51. The molecular formula is C22H21N3O2. The van der Waals surface area contributed by atoms with Crippen molar-refractivity contribution in [3.05, 3.63) is 95.8 Å². The molecule has 0 aliphatic heterocycles. The summed E-state index contributed by atoms with van der Waals surface area (Å²) in [6.07, 6.45) is 4.40. The van der Waals surface area contributed by atoms with E-state index in [0.29, 0.717) is 30.6 Å². The van der Waals surface area contributed by atoms with E-state index in [0.717, 1.165) is 11.1 Å². The third-order valence-corrected chi connectivity index (χ3v) is 4.11. The average molecular weight is 359 g/mol. The van der Waals surface area contributed by atoms with Gasteiger partial charge >= 0.3 is 0 Å². The number of benzene rings is 2. The first-order valence-corrected chi connectivity index (χ1v) is 8.82. The highest BCUT2D eigenvalue weighted by Crippen LogP contribution is 2.16. The van der Waals surface area contributed by atoms with Crippen LogP contribution in [0.3, 0.4) is 0 Å². The number of carbonyl (C=O) groups excluding carboxylic acids is 2. The Kier molecular flexibility index (Phi) is 6.30. The Bertz CT molecular complexity index is 896. The molecule has 0 aliphatic carbocycles. The van der Waals surface area contributed by atoms with Gasteiger partial charge in [0.25, 0.3) is 5.91 Å². The first-order valence-electron chi connectivity index (χ1n) is 8.82. The van der Waals surface area contributed by atoms with Gasteiger partial charge in [-0.3, -0.25) is 14.6 Å². The number of amides is 2. The molecule has 0 bridgehead atoms. The Morgan fingerprint density at radius 1 is 0.852 bits per heavy atom. The fourth-order valence-corrected chi connectivity index (χ4v) is 2.69. The molecule has 5 heteroatoms. The van der Waals surface area contributed by atoms with Crippen LogP contribution in [0.25, 0.3) is 0 Å². The summed E-state index contributed by atoms with van der Waals surface area (Å²) in [5.74, 6) is -0.357. The molecule has 0 saturated carbocycles. The molecule has 27 heavy (non-hydrogen) atoms. The van der Waals surface area contributed by atoms with Gasteiger partial charge in [0.1, 0.15) is 0 Å². The van der Waals surface area contributed by atoms with Gasteiger partial charge in [0.05, 0.1) is 11.3 Å². The molecule has 5 nitrogen and oxygen atoms in total. The van der Waals surface area contributed by atoms with Crippen molar-refractivity contribution >= 4 is 17.5 Å². The highest BCUT2D eigenvalue weighted by atomic mass is 16.2. The average Bonchev–Trinajstić information content (AvgIpc) is 2.72. The third-order valence-electron chi connectivity index (χ3n) is 4.11. The van der Waals surface area contributed by atoms with E-state index in [-0.39, 0.29) is 11.8 Å². The quantitative estimate of drug-likeness (QED) is 0.677. The summed E-state index contributed by atoms with van der Waals surface area (Å²) < 4.78 is 0. The summed E-state index contributed by atoms with van der Waals surface area (Å²) in [6, 6.07) is 20.6. The SMILES string of the molecule is O=C(CCc1ccccc1)Nc1ccccc1C(=O)NCc1cccnc1. The van der Waals surface area contributed by atoms with Gasteiger partial charge in [-0.25, -0.2) is 0 Å². The summed E-state index contributed by atoms with van der Waals surface area (Å²) in [5, 5.41) is 5.70. The summed E-state index contributed by atoms with van der Waals surface area (Å²) in [7, 11) is 0. The van der Waals surface area contributed by atoms with Gasteiger partial charge in [-0.1, -0.05) is 48.5 Å². The van der Waals surface area contributed by atoms with Crippen LogP contribution < -0.4 is 10.6 Å². The van der Waals surface area contributed by atoms with Crippen LogP contribution >= 0.6 is 0 Å². The molecule has 2 N–H and O–H groups in total. The molecule has 3 aromatic rings. The van der Waals surface area contributed by atoms with Crippen LogP contribution in [-0.2, 0) is 17.8 Å². The molecule has 0 fully saturated rings. The number of rotatable bonds is 7. The zero-order valence-electron chi connectivity index (χ0n) is 14.9. The number of carbonyl (C=O) groups is 2. The second kappa shape index (κ2) is 9.29. The van der Waals surface area contributed by atoms with Crippen molar-refractivity contribution in [2.45, 2.75) is 19.4 Å². The lowest BCUT2D eigenvalue weighted by atomic mass is 10.1. The van der Waals surface area contributed by atoms with Crippen molar-refractivity contribution in [3.63, 3.8) is 0 Å². The van der Waals surface area contributed by atoms with Crippen molar-refractivity contribution < 1.29 is 9.59 Å². The number of para-hydroxylation sites is 1. The molecule has 2 aromatic carbocycles. The van der Waals surface area contributed by atoms with Crippen LogP contribution in [0.2, 0.25) is 0 Å². The van der Waals surface area contributed by atoms with Crippen LogP contribution in [0, 0.1) is 0 Å². The molecule has 0 unspecified atom stereocenters. The van der Waals surface area contributed by atoms with Crippen LogP contribution in [0.1, 0.15) is 27.9 Å². The minimum absolute atomic E-state index is 0.119. The topological polar surface area (TPSA) is 71.1 Å². The van der Waals surface area contributed by atoms with Crippen LogP contribution in [0.4, 0.5) is 5.69 Å². The number of aryl methyl sites for hydroxylation is 1.